The Hall–Kier alpha value is -1.98. The van der Waals surface area contributed by atoms with Crippen LogP contribution in [0.25, 0.3) is 0 Å². The van der Waals surface area contributed by atoms with Gasteiger partial charge >= 0.3 is 0 Å². The van der Waals surface area contributed by atoms with Crippen LogP contribution in [0.4, 0.5) is 0 Å². The molecule has 5 heteroatoms. The monoisotopic (exact) mass is 378 g/mol. The highest BCUT2D eigenvalue weighted by Gasteiger charge is 2.35. The van der Waals surface area contributed by atoms with Gasteiger partial charge in [0, 0.05) is 55.6 Å². The Balaban J connectivity index is 1.35. The van der Waals surface area contributed by atoms with Crippen molar-refractivity contribution in [2.75, 3.05) is 26.2 Å². The highest BCUT2D eigenvalue weighted by atomic mass is 16.1. The first-order chi connectivity index (χ1) is 13.7. The van der Waals surface area contributed by atoms with E-state index in [9.17, 15) is 4.79 Å². The van der Waals surface area contributed by atoms with Gasteiger partial charge < -0.3 is 4.57 Å². The molecule has 0 aromatic carbocycles. The zero-order valence-corrected chi connectivity index (χ0v) is 16.8. The van der Waals surface area contributed by atoms with Crippen molar-refractivity contribution >= 4 is 0 Å². The minimum atomic E-state index is 0.257. The Morgan fingerprint density at radius 2 is 1.86 bits per heavy atom. The topological polar surface area (TPSA) is 41.4 Å². The molecule has 0 amide bonds. The molecule has 3 aliphatic rings. The van der Waals surface area contributed by atoms with Crippen molar-refractivity contribution < 1.29 is 0 Å². The van der Waals surface area contributed by atoms with Gasteiger partial charge in [-0.3, -0.25) is 19.6 Å². The molecular formula is C23H30N4O. The molecular weight excluding hydrogens is 348 g/mol. The first kappa shape index (κ1) is 18.1. The molecule has 2 saturated heterocycles. The van der Waals surface area contributed by atoms with E-state index >= 15 is 0 Å². The summed E-state index contributed by atoms with van der Waals surface area (Å²) in [5.74, 6) is 1.03. The summed E-state index contributed by atoms with van der Waals surface area (Å²) in [7, 11) is 0. The Labute approximate surface area is 167 Å². The van der Waals surface area contributed by atoms with Gasteiger partial charge in [-0.15, -0.1) is 0 Å². The van der Waals surface area contributed by atoms with Gasteiger partial charge in [0.05, 0.1) is 5.69 Å². The number of aromatic nitrogens is 2. The predicted molar refractivity (Wildman–Crippen MR) is 110 cm³/mol. The summed E-state index contributed by atoms with van der Waals surface area (Å²) in [4.78, 5) is 22.8. The molecule has 2 atom stereocenters. The van der Waals surface area contributed by atoms with Gasteiger partial charge in [-0.05, 0) is 63.4 Å². The molecule has 2 aromatic heterocycles. The van der Waals surface area contributed by atoms with E-state index in [0.29, 0.717) is 11.8 Å². The second-order valence-electron chi connectivity index (χ2n) is 8.95. The summed E-state index contributed by atoms with van der Waals surface area (Å²) < 4.78 is 2.10. The number of rotatable bonds is 4. The van der Waals surface area contributed by atoms with Crippen LogP contribution in [0.15, 0.2) is 35.1 Å². The average Bonchev–Trinajstić information content (AvgIpc) is 3.18. The fourth-order valence-corrected chi connectivity index (χ4v) is 5.44. The van der Waals surface area contributed by atoms with Gasteiger partial charge in [0.25, 0.3) is 5.56 Å². The Kier molecular flexibility index (Phi) is 4.81. The molecule has 0 N–H and O–H groups in total. The number of nitrogens with zero attached hydrogens (tertiary/aromatic N) is 4. The molecule has 0 saturated carbocycles. The molecule has 0 spiro atoms. The molecule has 3 aliphatic heterocycles. The number of hydrogen-bond donors (Lipinski definition) is 0. The van der Waals surface area contributed by atoms with Gasteiger partial charge in [0.1, 0.15) is 0 Å². The summed E-state index contributed by atoms with van der Waals surface area (Å²) in [6, 6.07) is 10.6. The minimum absolute atomic E-state index is 0.257. The molecule has 2 fully saturated rings. The molecule has 148 valence electrons. The van der Waals surface area contributed by atoms with Gasteiger partial charge in [-0.2, -0.15) is 0 Å². The van der Waals surface area contributed by atoms with Crippen molar-refractivity contribution in [2.45, 2.75) is 51.7 Å². The smallest absolute Gasteiger partial charge is 0.255 e. The molecule has 5 nitrogen and oxygen atoms in total. The lowest BCUT2D eigenvalue weighted by molar-refractivity contribution is 0.113. The van der Waals surface area contributed by atoms with E-state index in [2.05, 4.69) is 56.6 Å². The van der Waals surface area contributed by atoms with Crippen LogP contribution in [0.2, 0.25) is 0 Å². The number of likely N-dealkylation sites (tertiary alicyclic amines) is 2. The number of hydrogen-bond acceptors (Lipinski definition) is 4. The van der Waals surface area contributed by atoms with E-state index in [-0.39, 0.29) is 5.56 Å². The van der Waals surface area contributed by atoms with Crippen LogP contribution in [0.5, 0.6) is 0 Å². The average molecular weight is 379 g/mol. The molecule has 2 bridgehead atoms. The van der Waals surface area contributed by atoms with Gasteiger partial charge in [0.2, 0.25) is 0 Å². The first-order valence-corrected chi connectivity index (χ1v) is 10.8. The van der Waals surface area contributed by atoms with Crippen LogP contribution >= 0.6 is 0 Å². The zero-order chi connectivity index (χ0) is 19.1. The fraction of sp³-hybridized carbons (Fsp3) is 0.565. The Morgan fingerprint density at radius 1 is 1.00 bits per heavy atom. The van der Waals surface area contributed by atoms with E-state index in [4.69, 9.17) is 0 Å². The molecule has 2 aromatic rings. The van der Waals surface area contributed by atoms with Crippen molar-refractivity contribution in [1.29, 1.82) is 0 Å². The maximum Gasteiger partial charge on any atom is 0.255 e. The normalized spacial score (nSPS) is 25.0. The second kappa shape index (κ2) is 7.45. The summed E-state index contributed by atoms with van der Waals surface area (Å²) >= 11 is 0. The van der Waals surface area contributed by atoms with Crippen LogP contribution in [0.3, 0.4) is 0 Å². The first-order valence-electron chi connectivity index (χ1n) is 10.8. The third-order valence-electron chi connectivity index (χ3n) is 6.68. The van der Waals surface area contributed by atoms with E-state index in [1.807, 2.05) is 0 Å². The predicted octanol–water partition coefficient (Wildman–Crippen LogP) is 2.77. The summed E-state index contributed by atoms with van der Waals surface area (Å²) in [6.45, 7) is 9.01. The van der Waals surface area contributed by atoms with Crippen molar-refractivity contribution in [3.63, 3.8) is 0 Å². The van der Waals surface area contributed by atoms with Crippen LogP contribution in [-0.2, 0) is 19.6 Å². The van der Waals surface area contributed by atoms with E-state index < -0.39 is 0 Å². The molecule has 0 radical (unpaired) electrons. The number of aryl methyl sites for hydroxylation is 1. The molecule has 5 heterocycles. The molecule has 0 unspecified atom stereocenters. The summed E-state index contributed by atoms with van der Waals surface area (Å²) in [5, 5.41) is 0. The summed E-state index contributed by atoms with van der Waals surface area (Å²) in [5.41, 5.74) is 4.71. The highest BCUT2D eigenvalue weighted by molar-refractivity contribution is 5.23. The highest BCUT2D eigenvalue weighted by Crippen LogP contribution is 2.35. The lowest BCUT2D eigenvalue weighted by Gasteiger charge is -2.43. The van der Waals surface area contributed by atoms with Crippen molar-refractivity contribution in [1.82, 2.24) is 19.4 Å². The fourth-order valence-electron chi connectivity index (χ4n) is 5.44. The maximum atomic E-state index is 13.2. The van der Waals surface area contributed by atoms with Crippen molar-refractivity contribution in [3.8, 4) is 0 Å². The van der Waals surface area contributed by atoms with Crippen LogP contribution in [-0.4, -0.2) is 45.5 Å². The number of pyridine rings is 2. The SMILES string of the molecule is Cc1cccc(CN2C[C@@H]3C[C@H](C2)c2ccc(CN4CCCC4)c(=O)n2C3)n1. The molecule has 28 heavy (non-hydrogen) atoms. The van der Waals surface area contributed by atoms with Crippen molar-refractivity contribution in [3.05, 3.63) is 63.3 Å². The van der Waals surface area contributed by atoms with E-state index in [1.165, 1.54) is 25.0 Å². The van der Waals surface area contributed by atoms with E-state index in [0.717, 1.165) is 62.8 Å². The largest absolute Gasteiger partial charge is 0.312 e. The zero-order valence-electron chi connectivity index (χ0n) is 16.8. The Bertz CT molecular complexity index is 915. The van der Waals surface area contributed by atoms with E-state index in [1.54, 1.807) is 0 Å². The van der Waals surface area contributed by atoms with Gasteiger partial charge in [0.15, 0.2) is 0 Å². The molecule has 0 aliphatic carbocycles. The van der Waals surface area contributed by atoms with Crippen LogP contribution in [0.1, 0.15) is 47.8 Å². The van der Waals surface area contributed by atoms with Crippen LogP contribution in [0, 0.1) is 12.8 Å². The van der Waals surface area contributed by atoms with Crippen molar-refractivity contribution in [2.24, 2.45) is 5.92 Å². The van der Waals surface area contributed by atoms with Gasteiger partial charge in [-0.1, -0.05) is 12.1 Å². The molecule has 5 rings (SSSR count). The third-order valence-corrected chi connectivity index (χ3v) is 6.68. The number of piperidine rings is 1. The maximum absolute atomic E-state index is 13.2. The third kappa shape index (κ3) is 3.53. The Morgan fingerprint density at radius 3 is 2.68 bits per heavy atom. The number of fused-ring (bicyclic) bond motifs is 4. The lowest BCUT2D eigenvalue weighted by atomic mass is 9.83. The standard InChI is InChI=1S/C23H30N4O/c1-17-5-4-6-21(24-17)16-26-12-18-11-20(15-26)22-8-7-19(23(28)27(22)13-18)14-25-9-2-3-10-25/h4-8,18,20H,2-3,9-16H2,1H3/t18-,20+/m0/s1. The minimum Gasteiger partial charge on any atom is -0.312 e. The van der Waals surface area contributed by atoms with Crippen LogP contribution < -0.4 is 5.56 Å². The lowest BCUT2D eigenvalue weighted by Crippen LogP contribution is -2.47. The quantitative estimate of drug-likeness (QED) is 0.820. The van der Waals surface area contributed by atoms with Gasteiger partial charge in [-0.25, -0.2) is 0 Å². The second-order valence-corrected chi connectivity index (χ2v) is 8.95. The summed E-state index contributed by atoms with van der Waals surface area (Å²) in [6.07, 6.45) is 3.74.